The number of carbonyl (C=O) groups excluding carboxylic acids is 2. The Hall–Kier alpha value is -3.95. The van der Waals surface area contributed by atoms with Crippen molar-refractivity contribution in [1.82, 2.24) is 9.88 Å². The van der Waals surface area contributed by atoms with E-state index in [1.165, 1.54) is 30.2 Å². The first kappa shape index (κ1) is 24.2. The zero-order chi connectivity index (χ0) is 25.4. The molecule has 1 aliphatic rings. The van der Waals surface area contributed by atoms with E-state index in [0.29, 0.717) is 28.4 Å². The number of amides is 2. The molecule has 1 fully saturated rings. The highest BCUT2D eigenvalue weighted by Gasteiger charge is 2.36. The standard InChI is InChI=1S/C25H20ClN3O5S/c1-13-10-15(14(2)28(13)16-8-9-19(26)17(12-16)24(32)33)11-18-22(30)27-25(35)29(23(18)31)20-6-4-5-7-21(20)34-3/h4-12H,1-3H3,(H,32,33)(H,27,30,35)/b18-11+. The minimum Gasteiger partial charge on any atom is -0.495 e. The minimum atomic E-state index is -1.14. The third-order valence-corrected chi connectivity index (χ3v) is 6.25. The smallest absolute Gasteiger partial charge is 0.337 e. The first-order chi connectivity index (χ1) is 16.6. The monoisotopic (exact) mass is 509 g/mol. The van der Waals surface area contributed by atoms with Crippen LogP contribution in [0.3, 0.4) is 0 Å². The van der Waals surface area contributed by atoms with Crippen molar-refractivity contribution in [2.45, 2.75) is 13.8 Å². The lowest BCUT2D eigenvalue weighted by Crippen LogP contribution is -2.54. The SMILES string of the molecule is COc1ccccc1N1C(=O)/C(=C/c2cc(C)n(-c3ccc(Cl)c(C(=O)O)c3)c2C)C(=O)NC1=S. The number of para-hydroxylation sites is 2. The Kier molecular flexibility index (Phi) is 6.47. The molecular weight excluding hydrogens is 490 g/mol. The van der Waals surface area contributed by atoms with Crippen molar-refractivity contribution in [3.8, 4) is 11.4 Å². The molecule has 2 aromatic carbocycles. The quantitative estimate of drug-likeness (QED) is 0.302. The number of anilines is 1. The molecule has 0 aliphatic carbocycles. The van der Waals surface area contributed by atoms with Gasteiger partial charge < -0.3 is 14.4 Å². The van der Waals surface area contributed by atoms with Crippen LogP contribution in [0.1, 0.15) is 27.3 Å². The number of carboxylic acids is 1. The van der Waals surface area contributed by atoms with Crippen molar-refractivity contribution < 1.29 is 24.2 Å². The summed E-state index contributed by atoms with van der Waals surface area (Å²) in [6.45, 7) is 3.64. The molecule has 0 unspecified atom stereocenters. The lowest BCUT2D eigenvalue weighted by Gasteiger charge is -2.29. The van der Waals surface area contributed by atoms with E-state index in [4.69, 9.17) is 28.6 Å². The number of benzene rings is 2. The van der Waals surface area contributed by atoms with Crippen molar-refractivity contribution in [3.63, 3.8) is 0 Å². The number of carbonyl (C=O) groups is 3. The van der Waals surface area contributed by atoms with E-state index in [0.717, 1.165) is 5.69 Å². The molecule has 0 atom stereocenters. The van der Waals surface area contributed by atoms with Crippen molar-refractivity contribution >= 4 is 58.5 Å². The second-order valence-electron chi connectivity index (χ2n) is 7.76. The van der Waals surface area contributed by atoms with Gasteiger partial charge in [-0.15, -0.1) is 0 Å². The van der Waals surface area contributed by atoms with E-state index < -0.39 is 17.8 Å². The van der Waals surface area contributed by atoms with Crippen LogP contribution in [0.5, 0.6) is 5.75 Å². The molecule has 3 aromatic rings. The minimum absolute atomic E-state index is 0.0284. The van der Waals surface area contributed by atoms with Crippen LogP contribution in [0.15, 0.2) is 54.1 Å². The molecule has 0 spiro atoms. The van der Waals surface area contributed by atoms with Crippen molar-refractivity contribution in [3.05, 3.63) is 81.6 Å². The number of methoxy groups -OCH3 is 1. The van der Waals surface area contributed by atoms with Gasteiger partial charge in [-0.25, -0.2) is 9.69 Å². The number of nitrogens with zero attached hydrogens (tertiary/aromatic N) is 2. The highest BCUT2D eigenvalue weighted by molar-refractivity contribution is 7.80. The number of aromatic carboxylic acids is 1. The van der Waals surface area contributed by atoms with Crippen LogP contribution in [0.4, 0.5) is 5.69 Å². The van der Waals surface area contributed by atoms with Gasteiger partial charge in [0.15, 0.2) is 5.11 Å². The van der Waals surface area contributed by atoms with E-state index in [2.05, 4.69) is 5.32 Å². The molecule has 1 saturated heterocycles. The Bertz CT molecular complexity index is 1440. The maximum absolute atomic E-state index is 13.4. The summed E-state index contributed by atoms with van der Waals surface area (Å²) in [6, 6.07) is 13.4. The van der Waals surface area contributed by atoms with Gasteiger partial charge in [0.05, 0.1) is 23.4 Å². The summed E-state index contributed by atoms with van der Waals surface area (Å²) in [5, 5.41) is 12.1. The Morgan fingerprint density at radius 3 is 2.54 bits per heavy atom. The Labute approximate surface area is 211 Å². The first-order valence-electron chi connectivity index (χ1n) is 10.4. The van der Waals surface area contributed by atoms with Crippen LogP contribution in [0.25, 0.3) is 11.8 Å². The number of hydrogen-bond donors (Lipinski definition) is 2. The summed E-state index contributed by atoms with van der Waals surface area (Å²) < 4.78 is 7.18. The summed E-state index contributed by atoms with van der Waals surface area (Å²) in [5.74, 6) is -1.92. The summed E-state index contributed by atoms with van der Waals surface area (Å²) in [5.41, 5.74) is 2.94. The van der Waals surface area contributed by atoms with Gasteiger partial charge in [-0.05, 0) is 74.1 Å². The third kappa shape index (κ3) is 4.31. The fourth-order valence-electron chi connectivity index (χ4n) is 3.99. The van der Waals surface area contributed by atoms with Gasteiger partial charge in [0, 0.05) is 17.1 Å². The van der Waals surface area contributed by atoms with E-state index in [1.807, 2.05) is 18.4 Å². The van der Waals surface area contributed by atoms with Crippen LogP contribution in [0, 0.1) is 13.8 Å². The first-order valence-corrected chi connectivity index (χ1v) is 11.2. The molecule has 2 amide bonds. The fourth-order valence-corrected chi connectivity index (χ4v) is 4.47. The predicted molar refractivity (Wildman–Crippen MR) is 136 cm³/mol. The predicted octanol–water partition coefficient (Wildman–Crippen LogP) is 4.29. The molecule has 10 heteroatoms. The van der Waals surface area contributed by atoms with E-state index in [-0.39, 0.29) is 21.3 Å². The summed E-state index contributed by atoms with van der Waals surface area (Å²) in [6.07, 6.45) is 1.49. The number of aryl methyl sites for hydroxylation is 1. The zero-order valence-electron chi connectivity index (χ0n) is 19.0. The summed E-state index contributed by atoms with van der Waals surface area (Å²) in [4.78, 5) is 38.9. The lowest BCUT2D eigenvalue weighted by molar-refractivity contribution is -0.122. The number of aromatic nitrogens is 1. The van der Waals surface area contributed by atoms with Crippen LogP contribution in [0.2, 0.25) is 5.02 Å². The maximum Gasteiger partial charge on any atom is 0.337 e. The Morgan fingerprint density at radius 1 is 1.14 bits per heavy atom. The van der Waals surface area contributed by atoms with Gasteiger partial charge in [0.1, 0.15) is 11.3 Å². The molecule has 178 valence electrons. The molecule has 35 heavy (non-hydrogen) atoms. The Balaban J connectivity index is 1.79. The number of nitrogens with one attached hydrogen (secondary N) is 1. The average Bonchev–Trinajstić information content (AvgIpc) is 3.09. The van der Waals surface area contributed by atoms with Gasteiger partial charge in [0.2, 0.25) is 0 Å². The van der Waals surface area contributed by atoms with Crippen LogP contribution < -0.4 is 15.0 Å². The highest BCUT2D eigenvalue weighted by Crippen LogP contribution is 2.32. The van der Waals surface area contributed by atoms with E-state index in [1.54, 1.807) is 36.4 Å². The average molecular weight is 510 g/mol. The molecule has 4 rings (SSSR count). The fraction of sp³-hybridized carbons (Fsp3) is 0.120. The Morgan fingerprint density at radius 2 is 1.86 bits per heavy atom. The van der Waals surface area contributed by atoms with Gasteiger partial charge in [-0.2, -0.15) is 0 Å². The lowest BCUT2D eigenvalue weighted by atomic mass is 10.1. The summed E-state index contributed by atoms with van der Waals surface area (Å²) in [7, 11) is 1.48. The number of halogens is 1. The van der Waals surface area contributed by atoms with Crippen molar-refractivity contribution in [2.24, 2.45) is 0 Å². The molecule has 0 bridgehead atoms. The van der Waals surface area contributed by atoms with E-state index in [9.17, 15) is 19.5 Å². The van der Waals surface area contributed by atoms with Gasteiger partial charge in [-0.3, -0.25) is 14.9 Å². The van der Waals surface area contributed by atoms with E-state index >= 15 is 0 Å². The number of rotatable bonds is 5. The molecule has 8 nitrogen and oxygen atoms in total. The molecular formula is C25H20ClN3O5S. The second-order valence-corrected chi connectivity index (χ2v) is 8.55. The normalized spacial score (nSPS) is 14.9. The van der Waals surface area contributed by atoms with Gasteiger partial charge >= 0.3 is 5.97 Å². The molecule has 2 N–H and O–H groups in total. The molecule has 0 saturated carbocycles. The summed E-state index contributed by atoms with van der Waals surface area (Å²) >= 11 is 11.3. The van der Waals surface area contributed by atoms with Crippen molar-refractivity contribution in [2.75, 3.05) is 12.0 Å². The van der Waals surface area contributed by atoms with Crippen LogP contribution in [-0.4, -0.2) is 39.7 Å². The number of hydrogen-bond acceptors (Lipinski definition) is 5. The molecule has 1 aromatic heterocycles. The van der Waals surface area contributed by atoms with Crippen LogP contribution >= 0.6 is 23.8 Å². The largest absolute Gasteiger partial charge is 0.495 e. The second kappa shape index (κ2) is 9.36. The molecule has 0 radical (unpaired) electrons. The van der Waals surface area contributed by atoms with Gasteiger partial charge in [-0.1, -0.05) is 23.7 Å². The maximum atomic E-state index is 13.4. The zero-order valence-corrected chi connectivity index (χ0v) is 20.5. The number of thiocarbonyl (C=S) groups is 1. The number of ether oxygens (including phenoxy) is 1. The van der Waals surface area contributed by atoms with Crippen LogP contribution in [-0.2, 0) is 9.59 Å². The molecule has 1 aliphatic heterocycles. The third-order valence-electron chi connectivity index (χ3n) is 5.64. The topological polar surface area (TPSA) is 101 Å². The van der Waals surface area contributed by atoms with Gasteiger partial charge in [0.25, 0.3) is 11.8 Å². The highest BCUT2D eigenvalue weighted by atomic mass is 35.5. The van der Waals surface area contributed by atoms with Crippen molar-refractivity contribution in [1.29, 1.82) is 0 Å². The number of carboxylic acid groups (broad SMARTS) is 1. The molecule has 2 heterocycles.